The Hall–Kier alpha value is -0.790. The molecule has 0 saturated heterocycles. The Bertz CT molecular complexity index is 238. The van der Waals surface area contributed by atoms with Crippen molar-refractivity contribution in [2.75, 3.05) is 0 Å². The standard InChI is InChI=1S/C17H33NO/c1-6-7-8-9-10-11-12-13-14-17(19)18(15(2)3)16(4)5/h6,15-16H,1,7-14H2,2-5H3. The zero-order valence-corrected chi connectivity index (χ0v) is 13.5. The van der Waals surface area contributed by atoms with Crippen LogP contribution in [0.5, 0.6) is 0 Å². The Labute approximate surface area is 120 Å². The highest BCUT2D eigenvalue weighted by atomic mass is 16.2. The summed E-state index contributed by atoms with van der Waals surface area (Å²) in [6, 6.07) is 0.623. The molecule has 19 heavy (non-hydrogen) atoms. The molecule has 0 aromatic heterocycles. The first-order valence-corrected chi connectivity index (χ1v) is 7.92. The van der Waals surface area contributed by atoms with Gasteiger partial charge in [-0.1, -0.05) is 31.8 Å². The quantitative estimate of drug-likeness (QED) is 0.383. The third-order valence-corrected chi connectivity index (χ3v) is 3.45. The van der Waals surface area contributed by atoms with E-state index in [1.165, 1.54) is 32.1 Å². The molecule has 2 nitrogen and oxygen atoms in total. The maximum absolute atomic E-state index is 12.1. The van der Waals surface area contributed by atoms with Crippen LogP contribution in [0.15, 0.2) is 12.7 Å². The van der Waals surface area contributed by atoms with Gasteiger partial charge in [-0.2, -0.15) is 0 Å². The van der Waals surface area contributed by atoms with E-state index < -0.39 is 0 Å². The summed E-state index contributed by atoms with van der Waals surface area (Å²) in [5.74, 6) is 0.316. The van der Waals surface area contributed by atoms with Gasteiger partial charge in [-0.3, -0.25) is 4.79 Å². The van der Waals surface area contributed by atoms with Gasteiger partial charge in [0.1, 0.15) is 0 Å². The lowest BCUT2D eigenvalue weighted by molar-refractivity contribution is -0.134. The number of hydrogen-bond acceptors (Lipinski definition) is 1. The number of carbonyl (C=O) groups excluding carboxylic acids is 1. The van der Waals surface area contributed by atoms with Crippen molar-refractivity contribution in [3.63, 3.8) is 0 Å². The summed E-state index contributed by atoms with van der Waals surface area (Å²) >= 11 is 0. The minimum Gasteiger partial charge on any atom is -0.338 e. The molecule has 0 saturated carbocycles. The smallest absolute Gasteiger partial charge is 0.223 e. The maximum atomic E-state index is 12.1. The van der Waals surface area contributed by atoms with E-state index in [1.54, 1.807) is 0 Å². The lowest BCUT2D eigenvalue weighted by Crippen LogP contribution is -2.41. The second-order valence-electron chi connectivity index (χ2n) is 5.94. The van der Waals surface area contributed by atoms with Crippen molar-refractivity contribution in [1.82, 2.24) is 4.90 Å². The molecule has 0 aliphatic carbocycles. The Kier molecular flexibility index (Phi) is 10.6. The molecule has 2 heteroatoms. The first kappa shape index (κ1) is 18.2. The molecule has 0 aliphatic heterocycles. The van der Waals surface area contributed by atoms with Gasteiger partial charge in [0.2, 0.25) is 5.91 Å². The molecule has 0 spiro atoms. The van der Waals surface area contributed by atoms with Crippen molar-refractivity contribution in [2.45, 2.75) is 91.1 Å². The second-order valence-corrected chi connectivity index (χ2v) is 5.94. The van der Waals surface area contributed by atoms with E-state index in [2.05, 4.69) is 34.3 Å². The first-order valence-electron chi connectivity index (χ1n) is 7.92. The molecule has 0 heterocycles. The third kappa shape index (κ3) is 8.85. The van der Waals surface area contributed by atoms with Crippen LogP contribution in [0.4, 0.5) is 0 Å². The summed E-state index contributed by atoms with van der Waals surface area (Å²) in [5, 5.41) is 0. The van der Waals surface area contributed by atoms with Gasteiger partial charge in [0, 0.05) is 18.5 Å². The van der Waals surface area contributed by atoms with Crippen LogP contribution in [0.25, 0.3) is 0 Å². The van der Waals surface area contributed by atoms with Crippen LogP contribution in [0, 0.1) is 0 Å². The predicted molar refractivity (Wildman–Crippen MR) is 84.3 cm³/mol. The molecule has 112 valence electrons. The van der Waals surface area contributed by atoms with E-state index >= 15 is 0 Å². The topological polar surface area (TPSA) is 20.3 Å². The normalized spacial score (nSPS) is 11.1. The van der Waals surface area contributed by atoms with Crippen LogP contribution in [0.1, 0.15) is 79.1 Å². The van der Waals surface area contributed by atoms with Crippen molar-refractivity contribution < 1.29 is 4.79 Å². The maximum Gasteiger partial charge on any atom is 0.223 e. The van der Waals surface area contributed by atoms with E-state index in [0.717, 1.165) is 12.8 Å². The van der Waals surface area contributed by atoms with Crippen LogP contribution >= 0.6 is 0 Å². The van der Waals surface area contributed by atoms with Crippen molar-refractivity contribution in [1.29, 1.82) is 0 Å². The van der Waals surface area contributed by atoms with Gasteiger partial charge in [0.05, 0.1) is 0 Å². The van der Waals surface area contributed by atoms with Crippen LogP contribution < -0.4 is 0 Å². The van der Waals surface area contributed by atoms with Crippen molar-refractivity contribution >= 4 is 5.91 Å². The van der Waals surface area contributed by atoms with Crippen LogP contribution in [0.3, 0.4) is 0 Å². The summed E-state index contributed by atoms with van der Waals surface area (Å²) in [4.78, 5) is 14.1. The van der Waals surface area contributed by atoms with Gasteiger partial charge in [-0.05, 0) is 47.0 Å². The lowest BCUT2D eigenvalue weighted by Gasteiger charge is -2.30. The van der Waals surface area contributed by atoms with Gasteiger partial charge < -0.3 is 4.90 Å². The highest BCUT2D eigenvalue weighted by Gasteiger charge is 2.18. The summed E-state index contributed by atoms with van der Waals surface area (Å²) in [7, 11) is 0. The third-order valence-electron chi connectivity index (χ3n) is 3.45. The average Bonchev–Trinajstić information content (AvgIpc) is 2.31. The predicted octanol–water partition coefficient (Wildman–Crippen LogP) is 4.94. The fourth-order valence-electron chi connectivity index (χ4n) is 2.57. The molecule has 0 unspecified atom stereocenters. The number of hydrogen-bond donors (Lipinski definition) is 0. The molecule has 0 aromatic carbocycles. The molecule has 0 aromatic rings. The number of unbranched alkanes of at least 4 members (excludes halogenated alkanes) is 6. The van der Waals surface area contributed by atoms with E-state index in [1.807, 2.05) is 11.0 Å². The highest BCUT2D eigenvalue weighted by molar-refractivity contribution is 5.76. The van der Waals surface area contributed by atoms with Crippen molar-refractivity contribution in [3.8, 4) is 0 Å². The number of carbonyl (C=O) groups is 1. The van der Waals surface area contributed by atoms with Gasteiger partial charge >= 0.3 is 0 Å². The van der Waals surface area contributed by atoms with Crippen molar-refractivity contribution in [3.05, 3.63) is 12.7 Å². The monoisotopic (exact) mass is 267 g/mol. The molecule has 0 N–H and O–H groups in total. The number of rotatable bonds is 11. The SMILES string of the molecule is C=CCCCCCCCCC(=O)N(C(C)C)C(C)C. The number of amides is 1. The minimum absolute atomic E-state index is 0.311. The lowest BCUT2D eigenvalue weighted by atomic mass is 10.1. The van der Waals surface area contributed by atoms with Gasteiger partial charge in [-0.25, -0.2) is 0 Å². The summed E-state index contributed by atoms with van der Waals surface area (Å²) < 4.78 is 0. The van der Waals surface area contributed by atoms with Gasteiger partial charge in [-0.15, -0.1) is 6.58 Å². The molecule has 0 bridgehead atoms. The first-order chi connectivity index (χ1) is 9.00. The summed E-state index contributed by atoms with van der Waals surface area (Å²) in [6.45, 7) is 12.1. The van der Waals surface area contributed by atoms with Gasteiger partial charge in [0.25, 0.3) is 0 Å². The molecule has 0 atom stereocenters. The van der Waals surface area contributed by atoms with Crippen LogP contribution in [-0.2, 0) is 4.79 Å². The van der Waals surface area contributed by atoms with E-state index in [9.17, 15) is 4.79 Å². The fraction of sp³-hybridized carbons (Fsp3) is 0.824. The molecule has 0 fully saturated rings. The van der Waals surface area contributed by atoms with Crippen molar-refractivity contribution in [2.24, 2.45) is 0 Å². The Morgan fingerprint density at radius 3 is 1.89 bits per heavy atom. The zero-order valence-electron chi connectivity index (χ0n) is 13.5. The molecule has 0 rings (SSSR count). The van der Waals surface area contributed by atoms with Gasteiger partial charge in [0.15, 0.2) is 0 Å². The molecule has 0 aliphatic rings. The summed E-state index contributed by atoms with van der Waals surface area (Å²) in [5.41, 5.74) is 0. The molecular formula is C17H33NO. The number of allylic oxidation sites excluding steroid dienone is 1. The van der Waals surface area contributed by atoms with E-state index in [0.29, 0.717) is 24.4 Å². The second kappa shape index (κ2) is 11.1. The Morgan fingerprint density at radius 2 is 1.42 bits per heavy atom. The van der Waals surface area contributed by atoms with Crippen LogP contribution in [0.2, 0.25) is 0 Å². The van der Waals surface area contributed by atoms with E-state index in [4.69, 9.17) is 0 Å². The molecule has 0 radical (unpaired) electrons. The zero-order chi connectivity index (χ0) is 14.7. The molecule has 1 amide bonds. The molecular weight excluding hydrogens is 234 g/mol. The average molecular weight is 267 g/mol. The fourth-order valence-corrected chi connectivity index (χ4v) is 2.57. The Morgan fingerprint density at radius 1 is 0.947 bits per heavy atom. The highest BCUT2D eigenvalue weighted by Crippen LogP contribution is 2.12. The number of nitrogens with zero attached hydrogens (tertiary/aromatic N) is 1. The van der Waals surface area contributed by atoms with E-state index in [-0.39, 0.29) is 0 Å². The largest absolute Gasteiger partial charge is 0.338 e. The Balaban J connectivity index is 3.65. The minimum atomic E-state index is 0.311. The van der Waals surface area contributed by atoms with Crippen LogP contribution in [-0.4, -0.2) is 22.9 Å². The summed E-state index contributed by atoms with van der Waals surface area (Å²) in [6.07, 6.45) is 11.2.